The van der Waals surface area contributed by atoms with Crippen LogP contribution in [-0.4, -0.2) is 20.8 Å². The fourth-order valence-corrected chi connectivity index (χ4v) is 1.88. The molecule has 6 heteroatoms. The van der Waals surface area contributed by atoms with Crippen LogP contribution in [0.5, 0.6) is 5.75 Å². The molecule has 110 valence electrons. The molecular weight excluding hydrogens is 270 g/mol. The average Bonchev–Trinajstić information content (AvgIpc) is 2.44. The summed E-state index contributed by atoms with van der Waals surface area (Å²) in [5, 5.41) is 16.4. The van der Waals surface area contributed by atoms with Crippen molar-refractivity contribution in [3.05, 3.63) is 51.9 Å². The van der Waals surface area contributed by atoms with Crippen LogP contribution in [0.2, 0.25) is 0 Å². The fraction of sp³-hybridized carbons (Fsp3) is 0.267. The molecule has 0 saturated heterocycles. The van der Waals surface area contributed by atoms with Gasteiger partial charge in [-0.3, -0.25) is 9.59 Å². The van der Waals surface area contributed by atoms with E-state index in [-0.39, 0.29) is 17.0 Å². The molecule has 0 radical (unpaired) electrons. The third-order valence-corrected chi connectivity index (χ3v) is 2.94. The zero-order valence-corrected chi connectivity index (χ0v) is 12.0. The Balaban J connectivity index is 2.24. The molecule has 0 fully saturated rings. The topological polar surface area (TPSA) is 84.2 Å². The Morgan fingerprint density at radius 3 is 2.76 bits per heavy atom. The van der Waals surface area contributed by atoms with Gasteiger partial charge in [-0.25, -0.2) is 4.68 Å². The summed E-state index contributed by atoms with van der Waals surface area (Å²) in [7, 11) is 0. The zero-order valence-electron chi connectivity index (χ0n) is 12.0. The summed E-state index contributed by atoms with van der Waals surface area (Å²) < 4.78 is 1.25. The van der Waals surface area contributed by atoms with Crippen molar-refractivity contribution in [2.75, 3.05) is 5.32 Å². The molecular formula is C15H17N3O3. The van der Waals surface area contributed by atoms with Crippen molar-refractivity contribution in [3.8, 4) is 5.75 Å². The lowest BCUT2D eigenvalue weighted by Gasteiger charge is -2.09. The van der Waals surface area contributed by atoms with E-state index in [0.717, 1.165) is 12.0 Å². The number of hydrogen-bond donors (Lipinski definition) is 2. The molecule has 1 heterocycles. The third-order valence-electron chi connectivity index (χ3n) is 2.94. The number of phenols is 1. The Morgan fingerprint density at radius 2 is 2.10 bits per heavy atom. The maximum atomic E-state index is 12.1. The van der Waals surface area contributed by atoms with Crippen molar-refractivity contribution in [3.63, 3.8) is 0 Å². The molecule has 0 unspecified atom stereocenters. The molecule has 0 bridgehead atoms. The van der Waals surface area contributed by atoms with E-state index in [1.807, 2.05) is 13.8 Å². The number of carbonyl (C=O) groups excluding carboxylic acids is 1. The van der Waals surface area contributed by atoms with Gasteiger partial charge in [0.1, 0.15) is 11.4 Å². The fourth-order valence-electron chi connectivity index (χ4n) is 1.88. The Bertz CT molecular complexity index is 722. The zero-order chi connectivity index (χ0) is 15.4. The van der Waals surface area contributed by atoms with E-state index >= 15 is 0 Å². The molecule has 2 N–H and O–H groups in total. The van der Waals surface area contributed by atoms with Crippen molar-refractivity contribution < 1.29 is 9.90 Å². The van der Waals surface area contributed by atoms with Crippen LogP contribution in [0, 0.1) is 6.92 Å². The summed E-state index contributed by atoms with van der Waals surface area (Å²) in [5.74, 6) is -0.482. The van der Waals surface area contributed by atoms with Crippen molar-refractivity contribution in [2.24, 2.45) is 0 Å². The van der Waals surface area contributed by atoms with Crippen LogP contribution in [0.4, 0.5) is 5.69 Å². The lowest BCUT2D eigenvalue weighted by atomic mass is 10.2. The van der Waals surface area contributed by atoms with E-state index in [0.29, 0.717) is 12.2 Å². The number of amides is 1. The number of aromatic hydroxyl groups is 1. The summed E-state index contributed by atoms with van der Waals surface area (Å²) in [4.78, 5) is 23.7. The molecule has 6 nitrogen and oxygen atoms in total. The maximum Gasteiger partial charge on any atom is 0.276 e. The number of aromatic nitrogens is 2. The normalized spacial score (nSPS) is 10.4. The number of aryl methyl sites for hydroxylation is 2. The summed E-state index contributed by atoms with van der Waals surface area (Å²) in [6, 6.07) is 7.63. The first-order valence-corrected chi connectivity index (χ1v) is 6.70. The predicted molar refractivity (Wildman–Crippen MR) is 79.6 cm³/mol. The van der Waals surface area contributed by atoms with Gasteiger partial charge in [-0.15, -0.1) is 0 Å². The number of benzene rings is 1. The Kier molecular flexibility index (Phi) is 4.37. The largest absolute Gasteiger partial charge is 0.506 e. The van der Waals surface area contributed by atoms with Crippen molar-refractivity contribution in [1.82, 2.24) is 9.78 Å². The lowest BCUT2D eigenvalue weighted by molar-refractivity contribution is 0.101. The Morgan fingerprint density at radius 1 is 1.33 bits per heavy atom. The quantitative estimate of drug-likeness (QED) is 0.841. The van der Waals surface area contributed by atoms with E-state index in [9.17, 15) is 14.7 Å². The van der Waals surface area contributed by atoms with Crippen molar-refractivity contribution in [2.45, 2.75) is 26.8 Å². The van der Waals surface area contributed by atoms with E-state index < -0.39 is 5.91 Å². The second-order valence-electron chi connectivity index (χ2n) is 4.75. The minimum atomic E-state index is -0.473. The van der Waals surface area contributed by atoms with Crippen LogP contribution in [0.1, 0.15) is 29.4 Å². The number of anilines is 1. The van der Waals surface area contributed by atoms with Crippen LogP contribution in [0.25, 0.3) is 0 Å². The molecule has 1 amide bonds. The molecule has 0 saturated carbocycles. The highest BCUT2D eigenvalue weighted by Crippen LogP contribution is 2.24. The minimum Gasteiger partial charge on any atom is -0.506 e. The summed E-state index contributed by atoms with van der Waals surface area (Å²) in [6.45, 7) is 4.22. The van der Waals surface area contributed by atoms with Gasteiger partial charge in [0, 0.05) is 12.6 Å². The molecule has 2 rings (SSSR count). The molecule has 1 aromatic heterocycles. The van der Waals surface area contributed by atoms with Crippen molar-refractivity contribution in [1.29, 1.82) is 0 Å². The molecule has 0 aliphatic heterocycles. The smallest absolute Gasteiger partial charge is 0.276 e. The van der Waals surface area contributed by atoms with Gasteiger partial charge in [0.2, 0.25) is 0 Å². The molecule has 1 aromatic carbocycles. The molecule has 0 aliphatic rings. The first kappa shape index (κ1) is 14.8. The minimum absolute atomic E-state index is 0.00905. The Hall–Kier alpha value is -2.63. The van der Waals surface area contributed by atoms with Gasteiger partial charge in [0.05, 0.1) is 5.69 Å². The predicted octanol–water partition coefficient (Wildman–Crippen LogP) is 1.92. The molecule has 0 spiro atoms. The number of nitrogens with one attached hydrogen (secondary N) is 1. The molecule has 0 atom stereocenters. The number of nitrogens with zero attached hydrogens (tertiary/aromatic N) is 2. The Labute approximate surface area is 122 Å². The maximum absolute atomic E-state index is 12.1. The number of carbonyl (C=O) groups is 1. The lowest BCUT2D eigenvalue weighted by Crippen LogP contribution is -2.26. The van der Waals surface area contributed by atoms with E-state index in [1.165, 1.54) is 16.8 Å². The first-order chi connectivity index (χ1) is 10.0. The van der Waals surface area contributed by atoms with Crippen LogP contribution >= 0.6 is 0 Å². The molecule has 2 aromatic rings. The number of rotatable bonds is 4. The second kappa shape index (κ2) is 6.21. The number of phenolic OH excluding ortho intramolecular Hbond substituents is 1. The van der Waals surface area contributed by atoms with Gasteiger partial charge in [0.15, 0.2) is 0 Å². The van der Waals surface area contributed by atoms with Crippen molar-refractivity contribution >= 4 is 11.6 Å². The van der Waals surface area contributed by atoms with Gasteiger partial charge < -0.3 is 10.4 Å². The second-order valence-corrected chi connectivity index (χ2v) is 4.75. The van der Waals surface area contributed by atoms with Gasteiger partial charge in [-0.2, -0.15) is 5.10 Å². The van der Waals surface area contributed by atoms with E-state index in [1.54, 1.807) is 18.2 Å². The van der Waals surface area contributed by atoms with Gasteiger partial charge >= 0.3 is 0 Å². The molecule has 0 aliphatic carbocycles. The van der Waals surface area contributed by atoms with E-state index in [2.05, 4.69) is 10.4 Å². The highest BCUT2D eigenvalue weighted by atomic mass is 16.3. The highest BCUT2D eigenvalue weighted by Gasteiger charge is 2.12. The van der Waals surface area contributed by atoms with Crippen LogP contribution in [-0.2, 0) is 6.54 Å². The van der Waals surface area contributed by atoms with Crippen LogP contribution in [0.15, 0.2) is 35.1 Å². The molecule has 21 heavy (non-hydrogen) atoms. The summed E-state index contributed by atoms with van der Waals surface area (Å²) >= 11 is 0. The third kappa shape index (κ3) is 3.47. The van der Waals surface area contributed by atoms with Crippen LogP contribution < -0.4 is 10.9 Å². The first-order valence-electron chi connectivity index (χ1n) is 6.70. The SMILES string of the molecule is CCCn1nc(C(=O)Nc2ccc(C)cc2O)ccc1=O. The van der Waals surface area contributed by atoms with Gasteiger partial charge in [-0.1, -0.05) is 13.0 Å². The summed E-state index contributed by atoms with van der Waals surface area (Å²) in [5.41, 5.74) is 1.08. The standard InChI is InChI=1S/C15H17N3O3/c1-3-8-18-14(20)7-6-12(17-18)15(21)16-11-5-4-10(2)9-13(11)19/h4-7,9,19H,3,8H2,1-2H3,(H,16,21). The number of hydrogen-bond acceptors (Lipinski definition) is 4. The summed E-state index contributed by atoms with van der Waals surface area (Å²) in [6.07, 6.45) is 0.747. The van der Waals surface area contributed by atoms with Gasteiger partial charge in [-0.05, 0) is 37.1 Å². The van der Waals surface area contributed by atoms with E-state index in [4.69, 9.17) is 0 Å². The average molecular weight is 287 g/mol. The van der Waals surface area contributed by atoms with Crippen LogP contribution in [0.3, 0.4) is 0 Å². The highest BCUT2D eigenvalue weighted by molar-refractivity contribution is 6.03. The monoisotopic (exact) mass is 287 g/mol. The van der Waals surface area contributed by atoms with Gasteiger partial charge in [0.25, 0.3) is 11.5 Å².